The Labute approximate surface area is 112 Å². The summed E-state index contributed by atoms with van der Waals surface area (Å²) in [7, 11) is 2.32. The molecule has 0 radical (unpaired) electrons. The number of rotatable bonds is 3. The number of nitrogens with zero attached hydrogens (tertiary/aromatic N) is 2. The normalized spacial score (nSPS) is 30.5. The number of likely N-dealkylation sites (tertiary alicyclic amines) is 1. The van der Waals surface area contributed by atoms with Crippen molar-refractivity contribution >= 4 is 0 Å². The third-order valence-corrected chi connectivity index (χ3v) is 4.89. The molecular formula is C15H30N2O. The molecule has 1 atom stereocenters. The molecule has 3 heteroatoms. The molecule has 2 heterocycles. The van der Waals surface area contributed by atoms with E-state index in [1.807, 2.05) is 0 Å². The van der Waals surface area contributed by atoms with Gasteiger partial charge in [-0.15, -0.1) is 0 Å². The molecule has 106 valence electrons. The van der Waals surface area contributed by atoms with Crippen molar-refractivity contribution in [3.05, 3.63) is 0 Å². The first-order chi connectivity index (χ1) is 8.42. The van der Waals surface area contributed by atoms with Crippen LogP contribution in [-0.4, -0.2) is 60.3 Å². The Balaban J connectivity index is 1.98. The first kappa shape index (κ1) is 14.3. The predicted molar refractivity (Wildman–Crippen MR) is 75.9 cm³/mol. The van der Waals surface area contributed by atoms with Gasteiger partial charge in [-0.05, 0) is 54.0 Å². The quantitative estimate of drug-likeness (QED) is 0.769. The van der Waals surface area contributed by atoms with Crippen molar-refractivity contribution in [1.82, 2.24) is 9.80 Å². The largest absolute Gasteiger partial charge is 0.381 e. The lowest BCUT2D eigenvalue weighted by Crippen LogP contribution is -2.45. The first-order valence-electron chi connectivity index (χ1n) is 7.48. The van der Waals surface area contributed by atoms with Crippen molar-refractivity contribution in [1.29, 1.82) is 0 Å². The fraction of sp³-hybridized carbons (Fsp3) is 1.00. The summed E-state index contributed by atoms with van der Waals surface area (Å²) in [5.74, 6) is 0. The van der Waals surface area contributed by atoms with E-state index in [1.54, 1.807) is 0 Å². The maximum absolute atomic E-state index is 5.48. The minimum atomic E-state index is 0.345. The predicted octanol–water partition coefficient (Wildman–Crippen LogP) is 2.36. The molecule has 2 aliphatic heterocycles. The summed E-state index contributed by atoms with van der Waals surface area (Å²) in [5, 5.41) is 0. The standard InChI is InChI=1S/C15H30N2O/c1-12(2)17-11-14(10-15(17,3)4)16(5)13-6-8-18-9-7-13/h12-14H,6-11H2,1-5H3. The molecule has 0 amide bonds. The van der Waals surface area contributed by atoms with Gasteiger partial charge >= 0.3 is 0 Å². The molecule has 0 aromatic carbocycles. The monoisotopic (exact) mass is 254 g/mol. The topological polar surface area (TPSA) is 15.7 Å². The number of hydrogen-bond donors (Lipinski definition) is 0. The summed E-state index contributed by atoms with van der Waals surface area (Å²) < 4.78 is 5.48. The second kappa shape index (κ2) is 5.48. The highest BCUT2D eigenvalue weighted by molar-refractivity contribution is 4.99. The Morgan fingerprint density at radius 3 is 2.28 bits per heavy atom. The van der Waals surface area contributed by atoms with Gasteiger partial charge in [0, 0.05) is 43.4 Å². The van der Waals surface area contributed by atoms with E-state index in [0.717, 1.165) is 19.3 Å². The van der Waals surface area contributed by atoms with Crippen LogP contribution in [0.3, 0.4) is 0 Å². The van der Waals surface area contributed by atoms with E-state index in [2.05, 4.69) is 44.5 Å². The molecule has 0 aromatic heterocycles. The number of likely N-dealkylation sites (N-methyl/N-ethyl adjacent to an activating group) is 1. The lowest BCUT2D eigenvalue weighted by atomic mass is 9.97. The third kappa shape index (κ3) is 2.89. The molecule has 1 unspecified atom stereocenters. The summed E-state index contributed by atoms with van der Waals surface area (Å²) in [6, 6.07) is 2.09. The van der Waals surface area contributed by atoms with Gasteiger partial charge in [0.2, 0.25) is 0 Å². The van der Waals surface area contributed by atoms with Gasteiger partial charge in [-0.25, -0.2) is 0 Å². The molecule has 3 nitrogen and oxygen atoms in total. The second-order valence-corrected chi connectivity index (χ2v) is 6.93. The van der Waals surface area contributed by atoms with Gasteiger partial charge in [0.1, 0.15) is 0 Å². The average Bonchev–Trinajstić information content (AvgIpc) is 2.65. The van der Waals surface area contributed by atoms with Crippen LogP contribution in [0.25, 0.3) is 0 Å². The molecule has 0 saturated carbocycles. The molecule has 2 saturated heterocycles. The zero-order valence-electron chi connectivity index (χ0n) is 12.8. The number of hydrogen-bond acceptors (Lipinski definition) is 3. The molecule has 2 aliphatic rings. The highest BCUT2D eigenvalue weighted by Gasteiger charge is 2.42. The van der Waals surface area contributed by atoms with Crippen molar-refractivity contribution in [3.63, 3.8) is 0 Å². The van der Waals surface area contributed by atoms with Crippen molar-refractivity contribution < 1.29 is 4.74 Å². The van der Waals surface area contributed by atoms with Crippen LogP contribution in [-0.2, 0) is 4.74 Å². The Hall–Kier alpha value is -0.120. The summed E-state index contributed by atoms with van der Waals surface area (Å²) in [6.45, 7) is 12.5. The van der Waals surface area contributed by atoms with Gasteiger partial charge in [0.15, 0.2) is 0 Å². The van der Waals surface area contributed by atoms with E-state index >= 15 is 0 Å². The van der Waals surface area contributed by atoms with Gasteiger partial charge in [-0.3, -0.25) is 9.80 Å². The zero-order valence-corrected chi connectivity index (χ0v) is 12.8. The molecule has 2 rings (SSSR count). The first-order valence-corrected chi connectivity index (χ1v) is 7.48. The van der Waals surface area contributed by atoms with Gasteiger partial charge < -0.3 is 4.74 Å². The molecule has 0 N–H and O–H groups in total. The van der Waals surface area contributed by atoms with Gasteiger partial charge in [0.25, 0.3) is 0 Å². The lowest BCUT2D eigenvalue weighted by Gasteiger charge is -2.35. The molecule has 0 bridgehead atoms. The minimum Gasteiger partial charge on any atom is -0.381 e. The highest BCUT2D eigenvalue weighted by Crippen LogP contribution is 2.34. The van der Waals surface area contributed by atoms with E-state index in [4.69, 9.17) is 4.74 Å². The summed E-state index contributed by atoms with van der Waals surface area (Å²) in [6.07, 6.45) is 3.70. The van der Waals surface area contributed by atoms with E-state index < -0.39 is 0 Å². The molecule has 18 heavy (non-hydrogen) atoms. The SMILES string of the molecule is CC(C)N1CC(N(C)C2CCOCC2)CC1(C)C. The lowest BCUT2D eigenvalue weighted by molar-refractivity contribution is 0.0293. The second-order valence-electron chi connectivity index (χ2n) is 6.93. The van der Waals surface area contributed by atoms with E-state index in [9.17, 15) is 0 Å². The smallest absolute Gasteiger partial charge is 0.0480 e. The fourth-order valence-electron chi connectivity index (χ4n) is 3.81. The minimum absolute atomic E-state index is 0.345. The molecule has 0 aliphatic carbocycles. The van der Waals surface area contributed by atoms with Crippen LogP contribution in [0.1, 0.15) is 47.0 Å². The van der Waals surface area contributed by atoms with Crippen LogP contribution in [0.5, 0.6) is 0 Å². The maximum Gasteiger partial charge on any atom is 0.0480 e. The Morgan fingerprint density at radius 1 is 1.17 bits per heavy atom. The highest BCUT2D eigenvalue weighted by atomic mass is 16.5. The molecule has 2 fully saturated rings. The van der Waals surface area contributed by atoms with Gasteiger partial charge in [0.05, 0.1) is 0 Å². The van der Waals surface area contributed by atoms with Crippen molar-refractivity contribution in [2.75, 3.05) is 26.8 Å². The summed E-state index contributed by atoms with van der Waals surface area (Å²) in [5.41, 5.74) is 0.345. The molecule has 0 aromatic rings. The third-order valence-electron chi connectivity index (χ3n) is 4.89. The van der Waals surface area contributed by atoms with Crippen LogP contribution < -0.4 is 0 Å². The van der Waals surface area contributed by atoms with Crippen molar-refractivity contribution in [2.45, 2.75) is 70.6 Å². The van der Waals surface area contributed by atoms with Crippen LogP contribution in [0.15, 0.2) is 0 Å². The van der Waals surface area contributed by atoms with Crippen molar-refractivity contribution in [2.24, 2.45) is 0 Å². The van der Waals surface area contributed by atoms with E-state index in [0.29, 0.717) is 17.6 Å². The molecular weight excluding hydrogens is 224 g/mol. The fourth-order valence-corrected chi connectivity index (χ4v) is 3.81. The van der Waals surface area contributed by atoms with Crippen molar-refractivity contribution in [3.8, 4) is 0 Å². The average molecular weight is 254 g/mol. The Bertz CT molecular complexity index is 272. The zero-order chi connectivity index (χ0) is 13.3. The van der Waals surface area contributed by atoms with Crippen LogP contribution >= 0.6 is 0 Å². The Kier molecular flexibility index (Phi) is 4.35. The Morgan fingerprint density at radius 2 is 1.78 bits per heavy atom. The van der Waals surface area contributed by atoms with Gasteiger partial charge in [-0.1, -0.05) is 0 Å². The summed E-state index contributed by atoms with van der Waals surface area (Å²) >= 11 is 0. The van der Waals surface area contributed by atoms with Gasteiger partial charge in [-0.2, -0.15) is 0 Å². The summed E-state index contributed by atoms with van der Waals surface area (Å²) in [4.78, 5) is 5.29. The number of ether oxygens (including phenoxy) is 1. The van der Waals surface area contributed by atoms with Crippen LogP contribution in [0.4, 0.5) is 0 Å². The van der Waals surface area contributed by atoms with E-state index in [1.165, 1.54) is 25.8 Å². The maximum atomic E-state index is 5.48. The molecule has 0 spiro atoms. The van der Waals surface area contributed by atoms with Crippen LogP contribution in [0, 0.1) is 0 Å². The van der Waals surface area contributed by atoms with Crippen LogP contribution in [0.2, 0.25) is 0 Å². The van der Waals surface area contributed by atoms with E-state index in [-0.39, 0.29) is 0 Å².